The number of ether oxygens (including phenoxy) is 1. The van der Waals surface area contributed by atoms with Crippen molar-refractivity contribution in [2.45, 2.75) is 11.8 Å². The highest BCUT2D eigenvalue weighted by Gasteiger charge is 2.89. The molecule has 4 fully saturated rings. The molecule has 2 bridgehead atoms. The molecule has 7 rings (SSSR count). The van der Waals surface area contributed by atoms with Gasteiger partial charge in [0.05, 0.1) is 7.11 Å². The van der Waals surface area contributed by atoms with Crippen molar-refractivity contribution in [2.75, 3.05) is 7.11 Å². The average Bonchev–Trinajstić information content (AvgIpc) is 2.29. The van der Waals surface area contributed by atoms with Crippen LogP contribution in [0.4, 0.5) is 0 Å². The van der Waals surface area contributed by atoms with Crippen molar-refractivity contribution >= 4 is 0 Å². The predicted octanol–water partition coefficient (Wildman–Crippen LogP) is 2.63. The van der Waals surface area contributed by atoms with E-state index >= 15 is 0 Å². The molecule has 80 valence electrons. The lowest BCUT2D eigenvalue weighted by Crippen LogP contribution is -2.87. The highest BCUT2D eigenvalue weighted by molar-refractivity contribution is 5.59. The van der Waals surface area contributed by atoms with E-state index in [1.54, 1.807) is 11.1 Å². The molecule has 1 aromatic rings. The Morgan fingerprint density at radius 2 is 1.56 bits per heavy atom. The van der Waals surface area contributed by atoms with E-state index in [4.69, 9.17) is 4.74 Å². The van der Waals surface area contributed by atoms with Crippen LogP contribution in [-0.2, 0) is 0 Å². The van der Waals surface area contributed by atoms with Gasteiger partial charge in [-0.05, 0) is 59.0 Å². The third-order valence-corrected chi connectivity index (χ3v) is 6.78. The SMILES string of the molecule is COc1cccc2c1C1[C@@H]3C4C5[C@H]3C2[C@H]5[C@@H]14. The molecular formula is C15H14O. The van der Waals surface area contributed by atoms with Gasteiger partial charge < -0.3 is 4.74 Å². The van der Waals surface area contributed by atoms with Crippen molar-refractivity contribution in [1.82, 2.24) is 0 Å². The van der Waals surface area contributed by atoms with E-state index in [2.05, 4.69) is 18.2 Å². The average molecular weight is 210 g/mol. The van der Waals surface area contributed by atoms with Crippen LogP contribution >= 0.6 is 0 Å². The van der Waals surface area contributed by atoms with E-state index in [9.17, 15) is 0 Å². The van der Waals surface area contributed by atoms with Crippen molar-refractivity contribution < 1.29 is 4.74 Å². The van der Waals surface area contributed by atoms with Crippen LogP contribution in [-0.4, -0.2) is 7.11 Å². The molecule has 0 saturated heterocycles. The second-order valence-electron chi connectivity index (χ2n) is 6.48. The van der Waals surface area contributed by atoms with Gasteiger partial charge in [-0.25, -0.2) is 0 Å². The molecule has 1 aromatic carbocycles. The van der Waals surface area contributed by atoms with Crippen molar-refractivity contribution in [3.8, 4) is 5.75 Å². The molecule has 6 aliphatic rings. The normalized spacial score (nSPS) is 59.6. The van der Waals surface area contributed by atoms with Crippen LogP contribution in [0.3, 0.4) is 0 Å². The zero-order valence-corrected chi connectivity index (χ0v) is 9.26. The predicted molar refractivity (Wildman–Crippen MR) is 59.4 cm³/mol. The molecule has 0 amide bonds. The van der Waals surface area contributed by atoms with Crippen LogP contribution in [0, 0.1) is 35.5 Å². The lowest BCUT2D eigenvalue weighted by atomic mass is 9.11. The van der Waals surface area contributed by atoms with Crippen molar-refractivity contribution in [2.24, 2.45) is 35.5 Å². The smallest absolute Gasteiger partial charge is 0.122 e. The summed E-state index contributed by atoms with van der Waals surface area (Å²) >= 11 is 0. The standard InChI is InChI=1S/C15H14O/c1-16-6-4-2-3-5-7(6)9-12-10-8(5)11-13(9)15(12)14(10)11/h2-4,8-15H,1H3/t8?,9?,10-,11-,12-,13+,14?,15?/m0/s1. The van der Waals surface area contributed by atoms with Crippen LogP contribution < -0.4 is 4.74 Å². The number of rotatable bonds is 1. The van der Waals surface area contributed by atoms with E-state index in [0.717, 1.165) is 41.4 Å². The summed E-state index contributed by atoms with van der Waals surface area (Å²) in [6, 6.07) is 6.74. The first kappa shape index (κ1) is 7.37. The lowest BCUT2D eigenvalue weighted by molar-refractivity contribution is -0.407. The maximum Gasteiger partial charge on any atom is 0.122 e. The fraction of sp³-hybridized carbons (Fsp3) is 0.600. The Bertz CT molecular complexity index is 528. The fourth-order valence-electron chi connectivity index (χ4n) is 6.60. The Hall–Kier alpha value is -0.980. The summed E-state index contributed by atoms with van der Waals surface area (Å²) in [5.74, 6) is 9.72. The summed E-state index contributed by atoms with van der Waals surface area (Å²) in [6.45, 7) is 0. The number of hydrogen-bond acceptors (Lipinski definition) is 1. The molecule has 0 aromatic heterocycles. The molecule has 0 radical (unpaired) electrons. The van der Waals surface area contributed by atoms with Gasteiger partial charge in [-0.1, -0.05) is 12.1 Å². The van der Waals surface area contributed by atoms with Gasteiger partial charge in [0.15, 0.2) is 0 Å². The van der Waals surface area contributed by atoms with Crippen LogP contribution in [0.1, 0.15) is 23.0 Å². The molecule has 4 unspecified atom stereocenters. The Morgan fingerprint density at radius 3 is 2.25 bits per heavy atom. The monoisotopic (exact) mass is 210 g/mol. The minimum atomic E-state index is 0.904. The number of methoxy groups -OCH3 is 1. The van der Waals surface area contributed by atoms with E-state index in [1.165, 1.54) is 11.7 Å². The lowest BCUT2D eigenvalue weighted by Gasteiger charge is -2.92. The molecule has 1 heteroatoms. The van der Waals surface area contributed by atoms with Gasteiger partial charge in [-0.3, -0.25) is 0 Å². The number of benzene rings is 1. The first-order valence-electron chi connectivity index (χ1n) is 6.60. The Kier molecular flexibility index (Phi) is 0.843. The second-order valence-corrected chi connectivity index (χ2v) is 6.48. The van der Waals surface area contributed by atoms with Gasteiger partial charge in [0, 0.05) is 5.56 Å². The third-order valence-electron chi connectivity index (χ3n) is 6.78. The topological polar surface area (TPSA) is 9.23 Å². The second kappa shape index (κ2) is 1.83. The molecule has 8 atom stereocenters. The zero-order valence-electron chi connectivity index (χ0n) is 9.26. The van der Waals surface area contributed by atoms with E-state index < -0.39 is 0 Å². The largest absolute Gasteiger partial charge is 0.496 e. The number of hydrogen-bond donors (Lipinski definition) is 0. The van der Waals surface area contributed by atoms with Gasteiger partial charge in [0.2, 0.25) is 0 Å². The summed E-state index contributed by atoms with van der Waals surface area (Å²) in [4.78, 5) is 0. The van der Waals surface area contributed by atoms with Gasteiger partial charge in [0.25, 0.3) is 0 Å². The fourth-order valence-corrected chi connectivity index (χ4v) is 6.60. The Labute approximate surface area is 94.8 Å². The highest BCUT2D eigenvalue weighted by atomic mass is 16.5. The van der Waals surface area contributed by atoms with E-state index in [1.807, 2.05) is 7.11 Å². The minimum Gasteiger partial charge on any atom is -0.496 e. The molecule has 1 nitrogen and oxygen atoms in total. The first-order valence-corrected chi connectivity index (χ1v) is 6.60. The third kappa shape index (κ3) is 0.419. The summed E-state index contributed by atoms with van der Waals surface area (Å²) in [6.07, 6.45) is 0. The van der Waals surface area contributed by atoms with Crippen molar-refractivity contribution in [1.29, 1.82) is 0 Å². The van der Waals surface area contributed by atoms with Crippen molar-refractivity contribution in [3.63, 3.8) is 0 Å². The van der Waals surface area contributed by atoms with Crippen LogP contribution in [0.25, 0.3) is 0 Å². The Morgan fingerprint density at radius 1 is 0.875 bits per heavy atom. The molecular weight excluding hydrogens is 196 g/mol. The summed E-state index contributed by atoms with van der Waals surface area (Å²) in [5, 5.41) is 0. The molecule has 0 spiro atoms. The van der Waals surface area contributed by atoms with Gasteiger partial charge in [0.1, 0.15) is 5.75 Å². The van der Waals surface area contributed by atoms with Crippen molar-refractivity contribution in [3.05, 3.63) is 29.3 Å². The minimum absolute atomic E-state index is 0.904. The molecule has 16 heavy (non-hydrogen) atoms. The molecule has 6 aliphatic carbocycles. The zero-order chi connectivity index (χ0) is 10.2. The molecule has 0 aliphatic heterocycles. The Balaban J connectivity index is 1.69. The highest BCUT2D eigenvalue weighted by Crippen LogP contribution is 2.94. The molecule has 4 saturated carbocycles. The van der Waals surface area contributed by atoms with Crippen LogP contribution in [0.15, 0.2) is 18.2 Å². The molecule has 0 heterocycles. The van der Waals surface area contributed by atoms with Crippen LogP contribution in [0.5, 0.6) is 5.75 Å². The summed E-state index contributed by atoms with van der Waals surface area (Å²) < 4.78 is 5.59. The molecule has 0 N–H and O–H groups in total. The van der Waals surface area contributed by atoms with E-state index in [-0.39, 0.29) is 0 Å². The first-order chi connectivity index (χ1) is 7.93. The maximum atomic E-state index is 5.59. The summed E-state index contributed by atoms with van der Waals surface area (Å²) in [7, 11) is 1.83. The van der Waals surface area contributed by atoms with Crippen LogP contribution in [0.2, 0.25) is 0 Å². The maximum absolute atomic E-state index is 5.59. The van der Waals surface area contributed by atoms with E-state index in [0.29, 0.717) is 0 Å². The van der Waals surface area contributed by atoms with Gasteiger partial charge >= 0.3 is 0 Å². The quantitative estimate of drug-likeness (QED) is 0.692. The van der Waals surface area contributed by atoms with Gasteiger partial charge in [-0.15, -0.1) is 0 Å². The van der Waals surface area contributed by atoms with Gasteiger partial charge in [-0.2, -0.15) is 0 Å². The summed E-state index contributed by atoms with van der Waals surface area (Å²) in [5.41, 5.74) is 3.29.